The summed E-state index contributed by atoms with van der Waals surface area (Å²) in [4.78, 5) is 0. The summed E-state index contributed by atoms with van der Waals surface area (Å²) < 4.78 is 2.19. The van der Waals surface area contributed by atoms with Gasteiger partial charge >= 0.3 is 0 Å². The van der Waals surface area contributed by atoms with Crippen LogP contribution in [-0.2, 0) is 23.8 Å². The number of nitrogens with zero attached hydrogens (tertiary/aromatic N) is 2. The lowest BCUT2D eigenvalue weighted by Crippen LogP contribution is -2.24. The molecule has 0 aliphatic rings. The molecule has 0 unspecified atom stereocenters. The fraction of sp³-hybridized carbons (Fsp3) is 0.800. The van der Waals surface area contributed by atoms with E-state index in [1.54, 1.807) is 0 Å². The number of rotatable bonds is 2. The molecule has 0 saturated heterocycles. The fourth-order valence-corrected chi connectivity index (χ4v) is 2.54. The van der Waals surface area contributed by atoms with Crippen molar-refractivity contribution in [3.8, 4) is 0 Å². The maximum absolute atomic E-state index is 4.80. The van der Waals surface area contributed by atoms with Gasteiger partial charge in [-0.15, -0.1) is 0 Å². The van der Waals surface area contributed by atoms with E-state index in [2.05, 4.69) is 60.1 Å². The van der Waals surface area contributed by atoms with Crippen molar-refractivity contribution in [2.24, 2.45) is 0 Å². The molecule has 0 aliphatic carbocycles. The smallest absolute Gasteiger partial charge is 0.0662 e. The monoisotopic (exact) mass is 236 g/mol. The van der Waals surface area contributed by atoms with Gasteiger partial charge in [0.1, 0.15) is 0 Å². The zero-order valence-corrected chi connectivity index (χ0v) is 12.8. The van der Waals surface area contributed by atoms with Crippen molar-refractivity contribution in [2.75, 3.05) is 0 Å². The average Bonchev–Trinajstić information content (AvgIpc) is 2.54. The molecule has 0 atom stereocenters. The SMILES string of the molecule is CCc1nn(CC)c(C(C)(C)C)c1C(C)(C)C. The highest BCUT2D eigenvalue weighted by Crippen LogP contribution is 2.36. The number of hydrogen-bond donors (Lipinski definition) is 0. The summed E-state index contributed by atoms with van der Waals surface area (Å²) in [5, 5.41) is 4.80. The molecule has 1 aromatic rings. The first-order valence-electron chi connectivity index (χ1n) is 6.73. The van der Waals surface area contributed by atoms with Crippen LogP contribution in [0.25, 0.3) is 0 Å². The molecule has 0 aromatic carbocycles. The van der Waals surface area contributed by atoms with Crippen LogP contribution in [0.4, 0.5) is 0 Å². The molecule has 2 nitrogen and oxygen atoms in total. The lowest BCUT2D eigenvalue weighted by atomic mass is 9.78. The van der Waals surface area contributed by atoms with Crippen molar-refractivity contribution in [1.29, 1.82) is 0 Å². The second-order valence-electron chi connectivity index (χ2n) is 6.84. The van der Waals surface area contributed by atoms with E-state index < -0.39 is 0 Å². The van der Waals surface area contributed by atoms with Gasteiger partial charge in [0.25, 0.3) is 0 Å². The minimum absolute atomic E-state index is 0.152. The van der Waals surface area contributed by atoms with Gasteiger partial charge in [0, 0.05) is 23.2 Å². The highest BCUT2D eigenvalue weighted by molar-refractivity contribution is 5.37. The molecule has 1 aromatic heterocycles. The summed E-state index contributed by atoms with van der Waals surface area (Å²) in [5.41, 5.74) is 4.45. The van der Waals surface area contributed by atoms with E-state index in [0.29, 0.717) is 0 Å². The van der Waals surface area contributed by atoms with Crippen LogP contribution in [0.3, 0.4) is 0 Å². The van der Waals surface area contributed by atoms with Gasteiger partial charge in [-0.1, -0.05) is 48.5 Å². The van der Waals surface area contributed by atoms with Gasteiger partial charge in [-0.05, 0) is 18.8 Å². The minimum atomic E-state index is 0.152. The molecule has 98 valence electrons. The maximum atomic E-state index is 4.80. The van der Waals surface area contributed by atoms with Gasteiger partial charge < -0.3 is 0 Å². The van der Waals surface area contributed by atoms with Gasteiger partial charge in [0.05, 0.1) is 5.69 Å². The van der Waals surface area contributed by atoms with E-state index in [0.717, 1.165) is 13.0 Å². The Morgan fingerprint density at radius 3 is 1.76 bits per heavy atom. The van der Waals surface area contributed by atoms with Crippen LogP contribution in [0.1, 0.15) is 72.3 Å². The molecule has 0 amide bonds. The molecular weight excluding hydrogens is 208 g/mol. The number of aromatic nitrogens is 2. The lowest BCUT2D eigenvalue weighted by Gasteiger charge is -2.28. The predicted octanol–water partition coefficient (Wildman–Crippen LogP) is 4.06. The van der Waals surface area contributed by atoms with E-state index in [4.69, 9.17) is 5.10 Å². The van der Waals surface area contributed by atoms with Crippen molar-refractivity contribution in [1.82, 2.24) is 9.78 Å². The third-order valence-electron chi connectivity index (χ3n) is 3.12. The van der Waals surface area contributed by atoms with Crippen LogP contribution in [0, 0.1) is 0 Å². The summed E-state index contributed by atoms with van der Waals surface area (Å²) in [6, 6.07) is 0. The summed E-state index contributed by atoms with van der Waals surface area (Å²) in [7, 11) is 0. The van der Waals surface area contributed by atoms with Crippen molar-refractivity contribution < 1.29 is 0 Å². The quantitative estimate of drug-likeness (QED) is 0.757. The Kier molecular flexibility index (Phi) is 3.75. The van der Waals surface area contributed by atoms with E-state index in [-0.39, 0.29) is 10.8 Å². The Balaban J connectivity index is 3.58. The second kappa shape index (κ2) is 4.47. The van der Waals surface area contributed by atoms with Crippen molar-refractivity contribution in [2.45, 2.75) is 79.2 Å². The first-order chi connectivity index (χ1) is 7.62. The van der Waals surface area contributed by atoms with Gasteiger partial charge in [-0.3, -0.25) is 4.68 Å². The van der Waals surface area contributed by atoms with Gasteiger partial charge in [-0.25, -0.2) is 0 Å². The van der Waals surface area contributed by atoms with Crippen molar-refractivity contribution >= 4 is 0 Å². The van der Waals surface area contributed by atoms with E-state index in [1.807, 2.05) is 0 Å². The van der Waals surface area contributed by atoms with Crippen molar-refractivity contribution in [3.05, 3.63) is 17.0 Å². The summed E-state index contributed by atoms with van der Waals surface area (Å²) in [5.74, 6) is 0. The minimum Gasteiger partial charge on any atom is -0.269 e. The number of hydrogen-bond acceptors (Lipinski definition) is 1. The molecule has 2 heteroatoms. The highest BCUT2D eigenvalue weighted by atomic mass is 15.3. The Morgan fingerprint density at radius 2 is 1.47 bits per heavy atom. The van der Waals surface area contributed by atoms with Crippen LogP contribution in [0.5, 0.6) is 0 Å². The summed E-state index contributed by atoms with van der Waals surface area (Å²) in [6.45, 7) is 19.0. The molecule has 0 radical (unpaired) electrons. The topological polar surface area (TPSA) is 17.8 Å². The van der Waals surface area contributed by atoms with Gasteiger partial charge in [0.2, 0.25) is 0 Å². The summed E-state index contributed by atoms with van der Waals surface area (Å²) in [6.07, 6.45) is 1.02. The predicted molar refractivity (Wildman–Crippen MR) is 74.7 cm³/mol. The zero-order valence-electron chi connectivity index (χ0n) is 12.8. The molecule has 0 fully saturated rings. The van der Waals surface area contributed by atoms with Crippen LogP contribution < -0.4 is 0 Å². The third kappa shape index (κ3) is 2.72. The van der Waals surface area contributed by atoms with Crippen LogP contribution in [0.15, 0.2) is 0 Å². The molecule has 0 saturated carbocycles. The molecule has 0 N–H and O–H groups in total. The molecule has 1 rings (SSSR count). The Morgan fingerprint density at radius 1 is 0.941 bits per heavy atom. The Labute approximate surface area is 106 Å². The number of aryl methyl sites for hydroxylation is 2. The van der Waals surface area contributed by atoms with E-state index in [1.165, 1.54) is 17.0 Å². The zero-order chi connectivity index (χ0) is 13.4. The Hall–Kier alpha value is -0.790. The first kappa shape index (κ1) is 14.3. The van der Waals surface area contributed by atoms with Crippen molar-refractivity contribution in [3.63, 3.8) is 0 Å². The van der Waals surface area contributed by atoms with E-state index >= 15 is 0 Å². The second-order valence-corrected chi connectivity index (χ2v) is 6.84. The van der Waals surface area contributed by atoms with Gasteiger partial charge in [-0.2, -0.15) is 5.10 Å². The average molecular weight is 236 g/mol. The van der Waals surface area contributed by atoms with Crippen LogP contribution in [0.2, 0.25) is 0 Å². The largest absolute Gasteiger partial charge is 0.269 e. The summed E-state index contributed by atoms with van der Waals surface area (Å²) >= 11 is 0. The molecule has 0 aliphatic heterocycles. The van der Waals surface area contributed by atoms with Gasteiger partial charge in [0.15, 0.2) is 0 Å². The molecular formula is C15H28N2. The fourth-order valence-electron chi connectivity index (χ4n) is 2.54. The molecule has 1 heterocycles. The molecule has 0 bridgehead atoms. The van der Waals surface area contributed by atoms with Crippen LogP contribution in [-0.4, -0.2) is 9.78 Å². The molecule has 0 spiro atoms. The Bertz CT molecular complexity index is 350. The lowest BCUT2D eigenvalue weighted by molar-refractivity contribution is 0.474. The van der Waals surface area contributed by atoms with Crippen LogP contribution >= 0.6 is 0 Å². The van der Waals surface area contributed by atoms with E-state index in [9.17, 15) is 0 Å². The molecule has 17 heavy (non-hydrogen) atoms. The highest BCUT2D eigenvalue weighted by Gasteiger charge is 2.32. The first-order valence-corrected chi connectivity index (χ1v) is 6.73. The third-order valence-corrected chi connectivity index (χ3v) is 3.12. The standard InChI is InChI=1S/C15H28N2/c1-9-11-12(14(3,4)5)13(15(6,7)8)17(10-2)16-11/h9-10H2,1-8H3. The maximum Gasteiger partial charge on any atom is 0.0662 e. The normalized spacial score (nSPS) is 13.2.